The average Bonchev–Trinajstić information content (AvgIpc) is 3.10. The minimum atomic E-state index is -3.64. The first kappa shape index (κ1) is 15.0. The molecule has 1 aliphatic carbocycles. The SMILES string of the molecule is Cc1cccc(C(NS(=O)(=O)C2(C)CC2)C(=O)O)c1C. The number of carboxylic acid groups (broad SMARTS) is 1. The molecule has 0 aromatic heterocycles. The Morgan fingerprint density at radius 1 is 1.35 bits per heavy atom. The summed E-state index contributed by atoms with van der Waals surface area (Å²) in [7, 11) is -3.64. The molecule has 1 unspecified atom stereocenters. The van der Waals surface area contributed by atoms with Crippen molar-refractivity contribution >= 4 is 16.0 Å². The number of nitrogens with one attached hydrogen (secondary N) is 1. The number of carboxylic acids is 1. The van der Waals surface area contributed by atoms with Gasteiger partial charge in [0.25, 0.3) is 0 Å². The van der Waals surface area contributed by atoms with Crippen molar-refractivity contribution in [2.75, 3.05) is 0 Å². The zero-order valence-corrected chi connectivity index (χ0v) is 12.6. The van der Waals surface area contributed by atoms with Crippen LogP contribution in [-0.2, 0) is 14.8 Å². The highest BCUT2D eigenvalue weighted by Gasteiger charge is 2.51. The predicted octanol–water partition coefficient (Wildman–Crippen LogP) is 1.90. The van der Waals surface area contributed by atoms with Gasteiger partial charge in [0.05, 0.1) is 4.75 Å². The van der Waals surface area contributed by atoms with Gasteiger partial charge in [0.15, 0.2) is 0 Å². The van der Waals surface area contributed by atoms with Crippen molar-refractivity contribution in [2.45, 2.75) is 44.4 Å². The van der Waals surface area contributed by atoms with Crippen LogP contribution in [0.5, 0.6) is 0 Å². The van der Waals surface area contributed by atoms with Crippen LogP contribution in [0, 0.1) is 13.8 Å². The number of benzene rings is 1. The summed E-state index contributed by atoms with van der Waals surface area (Å²) < 4.78 is 26.0. The number of sulfonamides is 1. The number of aliphatic carboxylic acids is 1. The number of aryl methyl sites for hydroxylation is 1. The third kappa shape index (κ3) is 2.58. The fourth-order valence-corrected chi connectivity index (χ4v) is 3.54. The van der Waals surface area contributed by atoms with E-state index >= 15 is 0 Å². The second-order valence-corrected chi connectivity index (χ2v) is 7.86. The average molecular weight is 297 g/mol. The minimum absolute atomic E-state index is 0.491. The molecule has 2 N–H and O–H groups in total. The normalized spacial score (nSPS) is 18.6. The molecule has 0 heterocycles. The van der Waals surface area contributed by atoms with Crippen LogP contribution >= 0.6 is 0 Å². The largest absolute Gasteiger partial charge is 0.480 e. The molecule has 0 spiro atoms. The Morgan fingerprint density at radius 2 is 1.95 bits per heavy atom. The molecule has 0 radical (unpaired) electrons. The highest BCUT2D eigenvalue weighted by molar-refractivity contribution is 7.91. The molecule has 1 aliphatic rings. The summed E-state index contributed by atoms with van der Waals surface area (Å²) in [5.74, 6) is -1.19. The fraction of sp³-hybridized carbons (Fsp3) is 0.500. The Morgan fingerprint density at radius 3 is 2.45 bits per heavy atom. The van der Waals surface area contributed by atoms with Gasteiger partial charge in [0.1, 0.15) is 6.04 Å². The lowest BCUT2D eigenvalue weighted by atomic mass is 9.98. The molecular formula is C14H19NO4S. The minimum Gasteiger partial charge on any atom is -0.480 e. The smallest absolute Gasteiger partial charge is 0.326 e. The van der Waals surface area contributed by atoms with Crippen molar-refractivity contribution in [2.24, 2.45) is 0 Å². The maximum Gasteiger partial charge on any atom is 0.326 e. The molecule has 0 amide bonds. The number of carbonyl (C=O) groups is 1. The first-order valence-corrected chi connectivity index (χ1v) is 7.97. The second-order valence-electron chi connectivity index (χ2n) is 5.63. The highest BCUT2D eigenvalue weighted by Crippen LogP contribution is 2.43. The number of hydrogen-bond donors (Lipinski definition) is 2. The molecule has 1 saturated carbocycles. The Kier molecular flexibility index (Phi) is 3.64. The molecule has 1 fully saturated rings. The molecule has 0 saturated heterocycles. The topological polar surface area (TPSA) is 83.5 Å². The zero-order chi connectivity index (χ0) is 15.1. The summed E-state index contributed by atoms with van der Waals surface area (Å²) in [6.07, 6.45) is 1.14. The van der Waals surface area contributed by atoms with Crippen LogP contribution in [0.3, 0.4) is 0 Å². The lowest BCUT2D eigenvalue weighted by Gasteiger charge is -2.20. The van der Waals surface area contributed by atoms with E-state index in [0.717, 1.165) is 11.1 Å². The van der Waals surface area contributed by atoms with E-state index in [1.165, 1.54) is 0 Å². The van der Waals surface area contributed by atoms with E-state index < -0.39 is 26.8 Å². The Bertz CT molecular complexity index is 647. The molecule has 2 rings (SSSR count). The van der Waals surface area contributed by atoms with E-state index in [9.17, 15) is 18.3 Å². The predicted molar refractivity (Wildman–Crippen MR) is 76.0 cm³/mol. The molecule has 5 nitrogen and oxygen atoms in total. The van der Waals surface area contributed by atoms with Crippen molar-refractivity contribution in [1.82, 2.24) is 4.72 Å². The molecule has 0 aliphatic heterocycles. The monoisotopic (exact) mass is 297 g/mol. The first-order valence-electron chi connectivity index (χ1n) is 6.49. The Balaban J connectivity index is 2.38. The zero-order valence-electron chi connectivity index (χ0n) is 11.8. The summed E-state index contributed by atoms with van der Waals surface area (Å²) in [5, 5.41) is 9.36. The lowest BCUT2D eigenvalue weighted by molar-refractivity contribution is -0.139. The van der Waals surface area contributed by atoms with Gasteiger partial charge in [0.2, 0.25) is 10.0 Å². The fourth-order valence-electron chi connectivity index (χ4n) is 2.08. The third-order valence-electron chi connectivity index (χ3n) is 4.08. The van der Waals surface area contributed by atoms with Crippen molar-refractivity contribution in [3.8, 4) is 0 Å². The van der Waals surface area contributed by atoms with E-state index in [2.05, 4.69) is 4.72 Å². The summed E-state index contributed by atoms with van der Waals surface area (Å²) >= 11 is 0. The molecule has 1 aromatic carbocycles. The maximum absolute atomic E-state index is 12.2. The van der Waals surface area contributed by atoms with Crippen LogP contribution < -0.4 is 4.72 Å². The first-order chi connectivity index (χ1) is 9.18. The van der Waals surface area contributed by atoms with Crippen molar-refractivity contribution in [1.29, 1.82) is 0 Å². The highest BCUT2D eigenvalue weighted by atomic mass is 32.2. The van der Waals surface area contributed by atoms with Gasteiger partial charge >= 0.3 is 5.97 Å². The molecule has 110 valence electrons. The van der Waals surface area contributed by atoms with E-state index in [4.69, 9.17) is 0 Å². The molecule has 20 heavy (non-hydrogen) atoms. The van der Waals surface area contributed by atoms with Gasteiger partial charge in [0, 0.05) is 0 Å². The van der Waals surface area contributed by atoms with Gasteiger partial charge < -0.3 is 5.11 Å². The van der Waals surface area contributed by atoms with Crippen LogP contribution in [0.2, 0.25) is 0 Å². The molecule has 6 heteroatoms. The van der Waals surface area contributed by atoms with Gasteiger partial charge in [-0.2, -0.15) is 4.72 Å². The van der Waals surface area contributed by atoms with Gasteiger partial charge in [-0.05, 0) is 50.3 Å². The second kappa shape index (κ2) is 4.86. The number of rotatable bonds is 5. The van der Waals surface area contributed by atoms with Crippen LogP contribution in [0.25, 0.3) is 0 Å². The molecule has 1 aromatic rings. The van der Waals surface area contributed by atoms with Crippen LogP contribution in [0.1, 0.15) is 42.5 Å². The van der Waals surface area contributed by atoms with Crippen molar-refractivity contribution < 1.29 is 18.3 Å². The molecular weight excluding hydrogens is 278 g/mol. The molecule has 1 atom stereocenters. The van der Waals surface area contributed by atoms with E-state index in [-0.39, 0.29) is 0 Å². The summed E-state index contributed by atoms with van der Waals surface area (Å²) in [5.41, 5.74) is 2.22. The van der Waals surface area contributed by atoms with E-state index in [0.29, 0.717) is 18.4 Å². The van der Waals surface area contributed by atoms with Crippen LogP contribution in [-0.4, -0.2) is 24.2 Å². The summed E-state index contributed by atoms with van der Waals surface area (Å²) in [4.78, 5) is 11.5. The van der Waals surface area contributed by atoms with E-state index in [1.807, 2.05) is 13.0 Å². The van der Waals surface area contributed by atoms with Gasteiger partial charge in [-0.3, -0.25) is 4.79 Å². The third-order valence-corrected chi connectivity index (χ3v) is 6.33. The van der Waals surface area contributed by atoms with Crippen molar-refractivity contribution in [3.63, 3.8) is 0 Å². The molecule has 0 bridgehead atoms. The number of hydrogen-bond acceptors (Lipinski definition) is 3. The summed E-state index contributed by atoms with van der Waals surface area (Å²) in [6, 6.07) is 4.02. The standard InChI is InChI=1S/C14H19NO4S/c1-9-5-4-6-11(10(9)2)12(13(16)17)15-20(18,19)14(3)7-8-14/h4-6,12,15H,7-8H2,1-3H3,(H,16,17). The summed E-state index contributed by atoms with van der Waals surface area (Å²) in [6.45, 7) is 5.31. The van der Waals surface area contributed by atoms with Crippen molar-refractivity contribution in [3.05, 3.63) is 34.9 Å². The lowest BCUT2D eigenvalue weighted by Crippen LogP contribution is -2.40. The Labute approximate surface area is 119 Å². The van der Waals surface area contributed by atoms with Crippen LogP contribution in [0.15, 0.2) is 18.2 Å². The van der Waals surface area contributed by atoms with E-state index in [1.54, 1.807) is 26.0 Å². The maximum atomic E-state index is 12.2. The van der Waals surface area contributed by atoms with Crippen LogP contribution in [0.4, 0.5) is 0 Å². The van der Waals surface area contributed by atoms with Gasteiger partial charge in [-0.25, -0.2) is 8.42 Å². The van der Waals surface area contributed by atoms with Gasteiger partial charge in [-0.15, -0.1) is 0 Å². The quantitative estimate of drug-likeness (QED) is 0.869. The Hall–Kier alpha value is -1.40. The van der Waals surface area contributed by atoms with Gasteiger partial charge in [-0.1, -0.05) is 18.2 Å².